The zero-order valence-electron chi connectivity index (χ0n) is 16.8. The second kappa shape index (κ2) is 9.80. The summed E-state index contributed by atoms with van der Waals surface area (Å²) in [6.07, 6.45) is 2.38. The van der Waals surface area contributed by atoms with E-state index in [9.17, 15) is 9.59 Å². The summed E-state index contributed by atoms with van der Waals surface area (Å²) in [6.45, 7) is 6.87. The first-order valence-electron chi connectivity index (χ1n) is 9.38. The third kappa shape index (κ3) is 4.77. The predicted molar refractivity (Wildman–Crippen MR) is 114 cm³/mol. The minimum Gasteiger partial charge on any atom is -0.495 e. The number of halogens is 1. The van der Waals surface area contributed by atoms with Gasteiger partial charge in [0.05, 0.1) is 12.8 Å². The molecule has 2 heterocycles. The molecule has 1 saturated heterocycles. The standard InChI is InChI=1S/C20H28N4O3.ClH/c1-16-15-21(2)20(26)24(19(16)25)10-6-9-22-11-13-23(14-12-22)17-7-4-5-8-18(17)27-3;/h4-5,7-8,15H,6,9-14H2,1-3H3;1H. The molecule has 0 N–H and O–H groups in total. The van der Waals surface area contributed by atoms with Crippen molar-refractivity contribution in [3.63, 3.8) is 0 Å². The van der Waals surface area contributed by atoms with Crippen molar-refractivity contribution in [2.24, 2.45) is 7.05 Å². The smallest absolute Gasteiger partial charge is 0.330 e. The molecule has 1 aromatic carbocycles. The van der Waals surface area contributed by atoms with Gasteiger partial charge in [0.2, 0.25) is 0 Å². The normalized spacial score (nSPS) is 14.6. The van der Waals surface area contributed by atoms with Crippen LogP contribution in [-0.2, 0) is 13.6 Å². The van der Waals surface area contributed by atoms with Gasteiger partial charge in [0, 0.05) is 51.5 Å². The molecule has 1 aromatic heterocycles. The number of hydrogen-bond acceptors (Lipinski definition) is 5. The minimum absolute atomic E-state index is 0. The van der Waals surface area contributed by atoms with Crippen LogP contribution in [0.2, 0.25) is 0 Å². The molecule has 0 amide bonds. The molecule has 2 aromatic rings. The molecule has 3 rings (SSSR count). The molecule has 1 aliphatic heterocycles. The van der Waals surface area contributed by atoms with Crippen molar-refractivity contribution in [1.29, 1.82) is 0 Å². The lowest BCUT2D eigenvalue weighted by atomic mass is 10.2. The van der Waals surface area contributed by atoms with Crippen LogP contribution in [0, 0.1) is 6.92 Å². The number of methoxy groups -OCH3 is 1. The molecular weight excluding hydrogens is 380 g/mol. The SMILES string of the molecule is COc1ccccc1N1CCN(CCCn2c(=O)c(C)cn(C)c2=O)CC1.Cl. The van der Waals surface area contributed by atoms with Crippen molar-refractivity contribution < 1.29 is 4.74 Å². The van der Waals surface area contributed by atoms with Crippen LogP contribution in [-0.4, -0.2) is 53.9 Å². The lowest BCUT2D eigenvalue weighted by Gasteiger charge is -2.36. The lowest BCUT2D eigenvalue weighted by molar-refractivity contribution is 0.248. The Kier molecular flexibility index (Phi) is 7.71. The predicted octanol–water partition coefficient (Wildman–Crippen LogP) is 1.50. The van der Waals surface area contributed by atoms with Crippen LogP contribution in [0.3, 0.4) is 0 Å². The minimum atomic E-state index is -0.244. The summed E-state index contributed by atoms with van der Waals surface area (Å²) < 4.78 is 8.28. The molecule has 0 bridgehead atoms. The summed E-state index contributed by atoms with van der Waals surface area (Å²) in [4.78, 5) is 29.1. The van der Waals surface area contributed by atoms with Gasteiger partial charge < -0.3 is 14.2 Å². The Balaban J connectivity index is 0.00000280. The second-order valence-corrected chi connectivity index (χ2v) is 7.02. The number of anilines is 1. The maximum absolute atomic E-state index is 12.2. The van der Waals surface area contributed by atoms with Crippen LogP contribution >= 0.6 is 12.4 Å². The third-order valence-electron chi connectivity index (χ3n) is 5.16. The first kappa shape index (κ1) is 22.0. The fourth-order valence-electron chi connectivity index (χ4n) is 3.64. The molecule has 0 radical (unpaired) electrons. The molecule has 7 nitrogen and oxygen atoms in total. The number of para-hydroxylation sites is 2. The number of aromatic nitrogens is 2. The quantitative estimate of drug-likeness (QED) is 0.725. The summed E-state index contributed by atoms with van der Waals surface area (Å²) in [5, 5.41) is 0. The average molecular weight is 409 g/mol. The molecule has 0 unspecified atom stereocenters. The Morgan fingerprint density at radius 1 is 1.04 bits per heavy atom. The Morgan fingerprint density at radius 2 is 1.71 bits per heavy atom. The van der Waals surface area contributed by atoms with Crippen molar-refractivity contribution in [2.45, 2.75) is 19.9 Å². The highest BCUT2D eigenvalue weighted by Gasteiger charge is 2.19. The first-order valence-corrected chi connectivity index (χ1v) is 9.38. The van der Waals surface area contributed by atoms with E-state index in [1.54, 1.807) is 27.3 Å². The first-order chi connectivity index (χ1) is 13.0. The van der Waals surface area contributed by atoms with Gasteiger partial charge in [-0.05, 0) is 32.0 Å². The van der Waals surface area contributed by atoms with E-state index in [2.05, 4.69) is 15.9 Å². The molecular formula is C20H29ClN4O3. The van der Waals surface area contributed by atoms with Crippen LogP contribution < -0.4 is 20.9 Å². The molecule has 0 atom stereocenters. The van der Waals surface area contributed by atoms with E-state index in [1.807, 2.05) is 18.2 Å². The highest BCUT2D eigenvalue weighted by molar-refractivity contribution is 5.85. The maximum Gasteiger partial charge on any atom is 0.330 e. The summed E-state index contributed by atoms with van der Waals surface area (Å²) in [5.74, 6) is 0.903. The maximum atomic E-state index is 12.2. The van der Waals surface area contributed by atoms with E-state index < -0.39 is 0 Å². The Bertz CT molecular complexity index is 867. The average Bonchev–Trinajstić information content (AvgIpc) is 2.69. The van der Waals surface area contributed by atoms with Gasteiger partial charge in [-0.3, -0.25) is 14.3 Å². The molecule has 28 heavy (non-hydrogen) atoms. The Hall–Kier alpha value is -2.25. The van der Waals surface area contributed by atoms with Crippen LogP contribution in [0.15, 0.2) is 40.1 Å². The van der Waals surface area contributed by atoms with Gasteiger partial charge >= 0.3 is 5.69 Å². The number of aryl methyl sites for hydroxylation is 2. The topological polar surface area (TPSA) is 59.7 Å². The van der Waals surface area contributed by atoms with Crippen LogP contribution in [0.5, 0.6) is 5.75 Å². The van der Waals surface area contributed by atoms with Gasteiger partial charge in [-0.25, -0.2) is 4.79 Å². The van der Waals surface area contributed by atoms with Crippen LogP contribution in [0.1, 0.15) is 12.0 Å². The molecule has 0 spiro atoms. The van der Waals surface area contributed by atoms with Crippen molar-refractivity contribution >= 4 is 18.1 Å². The van der Waals surface area contributed by atoms with Gasteiger partial charge in [-0.2, -0.15) is 0 Å². The van der Waals surface area contributed by atoms with Crippen molar-refractivity contribution in [2.75, 3.05) is 44.7 Å². The fraction of sp³-hybridized carbons (Fsp3) is 0.500. The molecule has 154 valence electrons. The van der Waals surface area contributed by atoms with Gasteiger partial charge in [-0.1, -0.05) is 12.1 Å². The number of benzene rings is 1. The van der Waals surface area contributed by atoms with E-state index >= 15 is 0 Å². The highest BCUT2D eigenvalue weighted by atomic mass is 35.5. The molecule has 0 saturated carbocycles. The number of hydrogen-bond donors (Lipinski definition) is 0. The van der Waals surface area contributed by atoms with E-state index in [-0.39, 0.29) is 23.7 Å². The van der Waals surface area contributed by atoms with Gasteiger partial charge in [-0.15, -0.1) is 12.4 Å². The van der Waals surface area contributed by atoms with Crippen molar-refractivity contribution in [3.8, 4) is 5.75 Å². The van der Waals surface area contributed by atoms with Gasteiger partial charge in [0.1, 0.15) is 5.75 Å². The molecule has 1 aliphatic rings. The summed E-state index contributed by atoms with van der Waals surface area (Å²) >= 11 is 0. The fourth-order valence-corrected chi connectivity index (χ4v) is 3.64. The highest BCUT2D eigenvalue weighted by Crippen LogP contribution is 2.28. The van der Waals surface area contributed by atoms with Crippen molar-refractivity contribution in [3.05, 3.63) is 56.9 Å². The zero-order valence-corrected chi connectivity index (χ0v) is 17.6. The van der Waals surface area contributed by atoms with E-state index in [0.717, 1.165) is 50.6 Å². The molecule has 1 fully saturated rings. The third-order valence-corrected chi connectivity index (χ3v) is 5.16. The Morgan fingerprint density at radius 3 is 2.39 bits per heavy atom. The Labute approximate surface area is 171 Å². The number of ether oxygens (including phenoxy) is 1. The largest absolute Gasteiger partial charge is 0.495 e. The molecule has 8 heteroatoms. The van der Waals surface area contributed by atoms with Crippen molar-refractivity contribution in [1.82, 2.24) is 14.0 Å². The van der Waals surface area contributed by atoms with E-state index in [4.69, 9.17) is 4.74 Å². The van der Waals surface area contributed by atoms with Gasteiger partial charge in [0.25, 0.3) is 5.56 Å². The van der Waals surface area contributed by atoms with Gasteiger partial charge in [0.15, 0.2) is 0 Å². The summed E-state index contributed by atoms with van der Waals surface area (Å²) in [7, 11) is 3.38. The summed E-state index contributed by atoms with van der Waals surface area (Å²) in [5.41, 5.74) is 1.31. The second-order valence-electron chi connectivity index (χ2n) is 7.02. The van der Waals surface area contributed by atoms with Crippen LogP contribution in [0.25, 0.3) is 0 Å². The van der Waals surface area contributed by atoms with E-state index in [1.165, 1.54) is 9.13 Å². The zero-order chi connectivity index (χ0) is 19.4. The number of nitrogens with zero attached hydrogens (tertiary/aromatic N) is 4. The monoisotopic (exact) mass is 408 g/mol. The van der Waals surface area contributed by atoms with Crippen LogP contribution in [0.4, 0.5) is 5.69 Å². The summed E-state index contributed by atoms with van der Waals surface area (Å²) in [6, 6.07) is 8.09. The lowest BCUT2D eigenvalue weighted by Crippen LogP contribution is -2.47. The molecule has 0 aliphatic carbocycles. The number of rotatable bonds is 6. The number of piperazine rings is 1. The van der Waals surface area contributed by atoms with E-state index in [0.29, 0.717) is 12.1 Å².